The van der Waals surface area contributed by atoms with Crippen molar-refractivity contribution in [1.82, 2.24) is 5.32 Å². The van der Waals surface area contributed by atoms with Crippen molar-refractivity contribution in [3.05, 3.63) is 35.6 Å². The van der Waals surface area contributed by atoms with Gasteiger partial charge in [0, 0.05) is 12.6 Å². The maximum Gasteiger partial charge on any atom is 0.123 e. The molecule has 0 amide bonds. The molecule has 1 atom stereocenters. The zero-order chi connectivity index (χ0) is 15.3. The number of hydrogen-bond donors (Lipinski definition) is 1. The highest BCUT2D eigenvalue weighted by Crippen LogP contribution is 2.42. The lowest BCUT2D eigenvalue weighted by Gasteiger charge is -2.32. The molecule has 1 aliphatic rings. The summed E-state index contributed by atoms with van der Waals surface area (Å²) < 4.78 is 13.2. The average Bonchev–Trinajstić information content (AvgIpc) is 2.84. The minimum Gasteiger partial charge on any atom is -0.313 e. The number of benzene rings is 1. The summed E-state index contributed by atoms with van der Waals surface area (Å²) in [4.78, 5) is 0. The minimum absolute atomic E-state index is 0.133. The second kappa shape index (κ2) is 7.40. The van der Waals surface area contributed by atoms with Crippen LogP contribution in [-0.4, -0.2) is 12.6 Å². The molecule has 0 heterocycles. The SMILES string of the molecule is CC(C)CC1(CNC(C)Cc2cccc(F)c2)CCCC1. The Morgan fingerprint density at radius 2 is 1.90 bits per heavy atom. The van der Waals surface area contributed by atoms with Gasteiger partial charge in [-0.2, -0.15) is 0 Å². The van der Waals surface area contributed by atoms with Gasteiger partial charge in [-0.25, -0.2) is 4.39 Å². The van der Waals surface area contributed by atoms with Crippen LogP contribution < -0.4 is 5.32 Å². The standard InChI is InChI=1S/C19H30FN/c1-15(2)13-19(9-4-5-10-19)14-21-16(3)11-17-7-6-8-18(20)12-17/h6-8,12,15-16,21H,4-5,9-11,13-14H2,1-3H3. The van der Waals surface area contributed by atoms with Crippen LogP contribution in [0.2, 0.25) is 0 Å². The van der Waals surface area contributed by atoms with Gasteiger partial charge in [-0.1, -0.05) is 38.8 Å². The molecule has 0 bridgehead atoms. The number of halogens is 1. The molecule has 1 unspecified atom stereocenters. The molecule has 1 N–H and O–H groups in total. The second-order valence-corrected chi connectivity index (χ2v) is 7.42. The molecule has 118 valence electrons. The topological polar surface area (TPSA) is 12.0 Å². The smallest absolute Gasteiger partial charge is 0.123 e. The summed E-state index contributed by atoms with van der Waals surface area (Å²) in [5.41, 5.74) is 1.59. The van der Waals surface area contributed by atoms with Crippen LogP contribution in [0.1, 0.15) is 58.4 Å². The van der Waals surface area contributed by atoms with E-state index in [0.717, 1.165) is 24.4 Å². The third-order valence-electron chi connectivity index (χ3n) is 4.76. The first-order chi connectivity index (χ1) is 9.99. The van der Waals surface area contributed by atoms with E-state index >= 15 is 0 Å². The average molecular weight is 291 g/mol. The van der Waals surface area contributed by atoms with Gasteiger partial charge >= 0.3 is 0 Å². The van der Waals surface area contributed by atoms with Crippen molar-refractivity contribution >= 4 is 0 Å². The normalized spacial score (nSPS) is 19.1. The molecule has 0 radical (unpaired) electrons. The number of hydrogen-bond acceptors (Lipinski definition) is 1. The molecule has 0 aromatic heterocycles. The van der Waals surface area contributed by atoms with Gasteiger partial charge in [0.2, 0.25) is 0 Å². The molecule has 0 aliphatic heterocycles. The van der Waals surface area contributed by atoms with Crippen molar-refractivity contribution in [2.45, 2.75) is 65.3 Å². The Bertz CT molecular complexity index is 435. The molecule has 1 aromatic rings. The Balaban J connectivity index is 1.85. The summed E-state index contributed by atoms with van der Waals surface area (Å²) in [6.07, 6.45) is 7.72. The molecule has 0 saturated heterocycles. The van der Waals surface area contributed by atoms with E-state index in [2.05, 4.69) is 26.1 Å². The van der Waals surface area contributed by atoms with E-state index in [9.17, 15) is 4.39 Å². The number of rotatable bonds is 7. The van der Waals surface area contributed by atoms with Crippen molar-refractivity contribution in [2.75, 3.05) is 6.54 Å². The predicted molar refractivity (Wildman–Crippen MR) is 87.9 cm³/mol. The fraction of sp³-hybridized carbons (Fsp3) is 0.684. The highest BCUT2D eigenvalue weighted by atomic mass is 19.1. The van der Waals surface area contributed by atoms with Gasteiger partial charge in [0.15, 0.2) is 0 Å². The highest BCUT2D eigenvalue weighted by molar-refractivity contribution is 5.17. The van der Waals surface area contributed by atoms with Crippen LogP contribution in [0.5, 0.6) is 0 Å². The van der Waals surface area contributed by atoms with Crippen LogP contribution in [0.4, 0.5) is 4.39 Å². The predicted octanol–water partition coefficient (Wildman–Crippen LogP) is 4.95. The summed E-state index contributed by atoms with van der Waals surface area (Å²) in [6.45, 7) is 7.98. The summed E-state index contributed by atoms with van der Waals surface area (Å²) in [5, 5.41) is 3.72. The van der Waals surface area contributed by atoms with E-state index in [0.29, 0.717) is 11.5 Å². The molecule has 2 rings (SSSR count). The maximum atomic E-state index is 13.2. The van der Waals surface area contributed by atoms with E-state index in [1.54, 1.807) is 12.1 Å². The summed E-state index contributed by atoms with van der Waals surface area (Å²) >= 11 is 0. The summed E-state index contributed by atoms with van der Waals surface area (Å²) in [6, 6.07) is 7.38. The maximum absolute atomic E-state index is 13.2. The molecule has 1 aromatic carbocycles. The van der Waals surface area contributed by atoms with Gasteiger partial charge in [-0.15, -0.1) is 0 Å². The van der Waals surface area contributed by atoms with Gasteiger partial charge < -0.3 is 5.32 Å². The largest absolute Gasteiger partial charge is 0.313 e. The molecule has 1 fully saturated rings. The van der Waals surface area contributed by atoms with Gasteiger partial charge in [0.25, 0.3) is 0 Å². The van der Waals surface area contributed by atoms with Crippen molar-refractivity contribution < 1.29 is 4.39 Å². The van der Waals surface area contributed by atoms with Crippen LogP contribution in [0.25, 0.3) is 0 Å². The fourth-order valence-electron chi connectivity index (χ4n) is 3.92. The molecule has 21 heavy (non-hydrogen) atoms. The Labute approximate surface area is 129 Å². The zero-order valence-electron chi connectivity index (χ0n) is 13.8. The van der Waals surface area contributed by atoms with Crippen LogP contribution in [0.15, 0.2) is 24.3 Å². The molecule has 1 saturated carbocycles. The zero-order valence-corrected chi connectivity index (χ0v) is 13.8. The van der Waals surface area contributed by atoms with Crippen molar-refractivity contribution in [3.63, 3.8) is 0 Å². The first-order valence-electron chi connectivity index (χ1n) is 8.47. The van der Waals surface area contributed by atoms with Gasteiger partial charge in [-0.3, -0.25) is 0 Å². The second-order valence-electron chi connectivity index (χ2n) is 7.42. The number of nitrogens with one attached hydrogen (secondary N) is 1. The monoisotopic (exact) mass is 291 g/mol. The Kier molecular flexibility index (Phi) is 5.80. The first kappa shape index (κ1) is 16.5. The Hall–Kier alpha value is -0.890. The lowest BCUT2D eigenvalue weighted by atomic mass is 9.78. The molecule has 1 nitrogen and oxygen atoms in total. The minimum atomic E-state index is -0.133. The van der Waals surface area contributed by atoms with E-state index < -0.39 is 0 Å². The molecule has 0 spiro atoms. The van der Waals surface area contributed by atoms with Crippen molar-refractivity contribution in [1.29, 1.82) is 0 Å². The fourth-order valence-corrected chi connectivity index (χ4v) is 3.92. The third kappa shape index (κ3) is 5.10. The lowest BCUT2D eigenvalue weighted by Crippen LogP contribution is -2.39. The molecule has 2 heteroatoms. The van der Waals surface area contributed by atoms with E-state index in [4.69, 9.17) is 0 Å². The van der Waals surface area contributed by atoms with Crippen LogP contribution in [0.3, 0.4) is 0 Å². The third-order valence-corrected chi connectivity index (χ3v) is 4.76. The first-order valence-corrected chi connectivity index (χ1v) is 8.47. The van der Waals surface area contributed by atoms with E-state index in [1.807, 2.05) is 6.07 Å². The van der Waals surface area contributed by atoms with Crippen LogP contribution >= 0.6 is 0 Å². The Morgan fingerprint density at radius 3 is 2.52 bits per heavy atom. The lowest BCUT2D eigenvalue weighted by molar-refractivity contribution is 0.216. The Morgan fingerprint density at radius 1 is 1.19 bits per heavy atom. The van der Waals surface area contributed by atoms with E-state index in [-0.39, 0.29) is 5.82 Å². The molecule has 1 aliphatic carbocycles. The highest BCUT2D eigenvalue weighted by Gasteiger charge is 2.34. The van der Waals surface area contributed by atoms with E-state index in [1.165, 1.54) is 38.2 Å². The summed E-state index contributed by atoms with van der Waals surface area (Å²) in [5.74, 6) is 0.634. The van der Waals surface area contributed by atoms with Crippen molar-refractivity contribution in [3.8, 4) is 0 Å². The van der Waals surface area contributed by atoms with Gasteiger partial charge in [0.05, 0.1) is 0 Å². The summed E-state index contributed by atoms with van der Waals surface area (Å²) in [7, 11) is 0. The van der Waals surface area contributed by atoms with Crippen LogP contribution in [0, 0.1) is 17.2 Å². The van der Waals surface area contributed by atoms with Crippen LogP contribution in [-0.2, 0) is 6.42 Å². The van der Waals surface area contributed by atoms with Crippen molar-refractivity contribution in [2.24, 2.45) is 11.3 Å². The quantitative estimate of drug-likeness (QED) is 0.749. The molecular formula is C19H30FN. The van der Waals surface area contributed by atoms with Gasteiger partial charge in [-0.05, 0) is 61.6 Å². The van der Waals surface area contributed by atoms with Gasteiger partial charge in [0.1, 0.15) is 5.82 Å². The molecular weight excluding hydrogens is 261 g/mol.